The van der Waals surface area contributed by atoms with E-state index in [2.05, 4.69) is 55.9 Å². The number of hydrogen-bond donors (Lipinski definition) is 0. The molecule has 0 aromatic rings. The molecular weight excluding hydrogens is 568 g/mol. The first-order chi connectivity index (χ1) is 21.2. The number of hydrogen-bond acceptors (Lipinski definition) is 0. The Hall–Kier alpha value is 0.210. The van der Waals surface area contributed by atoms with Gasteiger partial charge in [-0.05, 0) is 51.4 Å². The summed E-state index contributed by atoms with van der Waals surface area (Å²) in [6.45, 7) is 14.7. The zero-order valence-corrected chi connectivity index (χ0v) is 34.2. The molecule has 0 saturated heterocycles. The average molecular weight is 662 g/mol. The van der Waals surface area contributed by atoms with Crippen molar-refractivity contribution in [1.82, 2.24) is 0 Å². The van der Waals surface area contributed by atoms with Crippen LogP contribution < -0.4 is 0 Å². The van der Waals surface area contributed by atoms with Crippen molar-refractivity contribution in [2.75, 3.05) is 54.4 Å². The minimum absolute atomic E-state index is 0. The monoisotopic (exact) mass is 661 g/mol. The third kappa shape index (κ3) is 44.2. The molecule has 0 heterocycles. The third-order valence-electron chi connectivity index (χ3n) is 9.97. The van der Waals surface area contributed by atoms with Crippen LogP contribution in [-0.4, -0.2) is 63.3 Å². The molecule has 2 nitrogen and oxygen atoms in total. The molecule has 45 heavy (non-hydrogen) atoms. The molecule has 0 aliphatic heterocycles. The Morgan fingerprint density at radius 3 is 0.511 bits per heavy atom. The Balaban J connectivity index is -0.000000770. The quantitative estimate of drug-likeness (QED) is 0.0476. The van der Waals surface area contributed by atoms with Gasteiger partial charge in [-0.3, -0.25) is 0 Å². The van der Waals surface area contributed by atoms with Crippen LogP contribution in [0, 0.1) is 0 Å². The summed E-state index contributed by atoms with van der Waals surface area (Å²) in [7, 11) is 9.71. The maximum Gasteiger partial charge on any atom is 0.0782 e. The molecule has 276 valence electrons. The van der Waals surface area contributed by atoms with Crippen LogP contribution in [0.2, 0.25) is 0 Å². The lowest BCUT2D eigenvalue weighted by Gasteiger charge is -2.30. The Bertz CT molecular complexity index is 497. The molecule has 0 unspecified atom stereocenters. The van der Waals surface area contributed by atoms with Crippen molar-refractivity contribution in [3.63, 3.8) is 0 Å². The maximum atomic E-state index is 2.43. The molecule has 0 fully saturated rings. The van der Waals surface area contributed by atoms with Crippen molar-refractivity contribution in [3.05, 3.63) is 0 Å². The molecule has 0 aromatic heterocycles. The molecule has 0 rings (SSSR count). The van der Waals surface area contributed by atoms with Crippen LogP contribution in [0.15, 0.2) is 0 Å². The smallest absolute Gasteiger partial charge is 0.0782 e. The first-order valence-electron chi connectivity index (χ1n) is 20.9. The van der Waals surface area contributed by atoms with Gasteiger partial charge >= 0.3 is 0 Å². The minimum Gasteiger partial charge on any atom is -0.328 e. The van der Waals surface area contributed by atoms with Gasteiger partial charge in [-0.15, -0.1) is 12.4 Å². The van der Waals surface area contributed by atoms with Gasteiger partial charge in [0.1, 0.15) is 0 Å². The zero-order valence-electron chi connectivity index (χ0n) is 33.3. The fraction of sp³-hybridized carbons (Fsp3) is 1.00. The SMILES string of the molecule is CCCCCCCCCC[N+](C)(C)CCCCCCCC.CCCCCCCCCC[N+](C)(C)CCCCCCCCCC.Cl. The Kier molecular flexibility index (Phi) is 42.6. The van der Waals surface area contributed by atoms with E-state index in [9.17, 15) is 0 Å². The van der Waals surface area contributed by atoms with Crippen LogP contribution >= 0.6 is 12.4 Å². The highest BCUT2D eigenvalue weighted by Gasteiger charge is 2.14. The number of unbranched alkanes of at least 4 members (excludes halogenated alkanes) is 26. The van der Waals surface area contributed by atoms with Gasteiger partial charge in [-0.2, -0.15) is 0 Å². The van der Waals surface area contributed by atoms with Crippen molar-refractivity contribution in [2.45, 2.75) is 220 Å². The van der Waals surface area contributed by atoms with Crippen molar-refractivity contribution < 1.29 is 8.97 Å². The fourth-order valence-corrected chi connectivity index (χ4v) is 6.56. The predicted molar refractivity (Wildman–Crippen MR) is 212 cm³/mol. The second-order valence-electron chi connectivity index (χ2n) is 16.0. The third-order valence-corrected chi connectivity index (χ3v) is 9.97. The lowest BCUT2D eigenvalue weighted by Crippen LogP contribution is -2.41. The number of nitrogens with zero attached hydrogens (tertiary/aromatic N) is 2. The van der Waals surface area contributed by atoms with Gasteiger partial charge in [0.15, 0.2) is 0 Å². The highest BCUT2D eigenvalue weighted by atomic mass is 35.5. The van der Waals surface area contributed by atoms with E-state index < -0.39 is 0 Å². The molecule has 0 amide bonds. The van der Waals surface area contributed by atoms with E-state index in [1.165, 1.54) is 228 Å². The average Bonchev–Trinajstić information content (AvgIpc) is 2.99. The number of rotatable bonds is 34. The van der Waals surface area contributed by atoms with E-state index in [1.807, 2.05) is 0 Å². The van der Waals surface area contributed by atoms with Crippen LogP contribution in [0.25, 0.3) is 0 Å². The highest BCUT2D eigenvalue weighted by molar-refractivity contribution is 5.85. The summed E-state index contributed by atoms with van der Waals surface area (Å²) < 4.78 is 2.48. The lowest BCUT2D eigenvalue weighted by atomic mass is 10.1. The molecule has 0 radical (unpaired) electrons. The number of halogens is 1. The van der Waals surface area contributed by atoms with Crippen molar-refractivity contribution in [3.8, 4) is 0 Å². The fourth-order valence-electron chi connectivity index (χ4n) is 6.56. The lowest BCUT2D eigenvalue weighted by molar-refractivity contribution is -0.890. The van der Waals surface area contributed by atoms with Gasteiger partial charge in [0.05, 0.1) is 54.4 Å². The van der Waals surface area contributed by atoms with E-state index >= 15 is 0 Å². The van der Waals surface area contributed by atoms with Crippen LogP contribution in [-0.2, 0) is 0 Å². The molecule has 0 bridgehead atoms. The summed E-state index contributed by atoms with van der Waals surface area (Å²) in [6, 6.07) is 0. The molecule has 0 atom stereocenters. The predicted octanol–water partition coefficient (Wildman–Crippen LogP) is 14.3. The minimum atomic E-state index is 0. The van der Waals surface area contributed by atoms with Crippen molar-refractivity contribution in [2.24, 2.45) is 0 Å². The maximum absolute atomic E-state index is 2.43. The summed E-state index contributed by atoms with van der Waals surface area (Å²) in [4.78, 5) is 0. The van der Waals surface area contributed by atoms with Gasteiger partial charge in [0, 0.05) is 0 Å². The van der Waals surface area contributed by atoms with Crippen molar-refractivity contribution >= 4 is 12.4 Å². The zero-order chi connectivity index (χ0) is 33.0. The molecule has 3 heteroatoms. The normalized spacial score (nSPS) is 11.7. The summed E-state index contributed by atoms with van der Waals surface area (Å²) >= 11 is 0. The van der Waals surface area contributed by atoms with Crippen LogP contribution in [0.3, 0.4) is 0 Å². The highest BCUT2D eigenvalue weighted by Crippen LogP contribution is 2.14. The summed E-state index contributed by atoms with van der Waals surface area (Å²) in [6.07, 6.45) is 43.1. The van der Waals surface area contributed by atoms with Gasteiger partial charge in [0.25, 0.3) is 0 Å². The summed E-state index contributed by atoms with van der Waals surface area (Å²) in [5.74, 6) is 0. The summed E-state index contributed by atoms with van der Waals surface area (Å²) in [5, 5.41) is 0. The second-order valence-corrected chi connectivity index (χ2v) is 16.0. The Morgan fingerprint density at radius 1 is 0.222 bits per heavy atom. The van der Waals surface area contributed by atoms with Crippen molar-refractivity contribution in [1.29, 1.82) is 0 Å². The standard InChI is InChI=1S/C22H48N.C20H44N.ClH/c1-5-7-9-11-13-15-17-19-21-23(3,4)22-20-18-16-14-12-10-8-6-2;1-5-7-9-11-13-14-16-18-20-21(3,4)19-17-15-12-10-8-6-2;/h5-22H2,1-4H3;5-20H2,1-4H3;1H/q2*+1;. The van der Waals surface area contributed by atoms with Gasteiger partial charge in [-0.1, -0.05) is 169 Å². The number of quaternary nitrogens is 2. The van der Waals surface area contributed by atoms with Crippen LogP contribution in [0.5, 0.6) is 0 Å². The van der Waals surface area contributed by atoms with E-state index in [4.69, 9.17) is 0 Å². The van der Waals surface area contributed by atoms with Gasteiger partial charge < -0.3 is 8.97 Å². The largest absolute Gasteiger partial charge is 0.328 e. The van der Waals surface area contributed by atoms with E-state index in [1.54, 1.807) is 0 Å². The van der Waals surface area contributed by atoms with E-state index in [0.717, 1.165) is 0 Å². The molecular formula is C42H93ClN2+2. The van der Waals surface area contributed by atoms with Crippen LogP contribution in [0.4, 0.5) is 0 Å². The molecule has 0 aliphatic carbocycles. The van der Waals surface area contributed by atoms with Gasteiger partial charge in [0.2, 0.25) is 0 Å². The molecule has 0 aromatic carbocycles. The van der Waals surface area contributed by atoms with E-state index in [-0.39, 0.29) is 12.4 Å². The second kappa shape index (κ2) is 38.7. The van der Waals surface area contributed by atoms with Crippen LogP contribution in [0.1, 0.15) is 220 Å². The topological polar surface area (TPSA) is 0 Å². The first kappa shape index (κ1) is 49.6. The van der Waals surface area contributed by atoms with Gasteiger partial charge in [-0.25, -0.2) is 0 Å². The Labute approximate surface area is 295 Å². The molecule has 0 saturated carbocycles. The molecule has 0 aliphatic rings. The van der Waals surface area contributed by atoms with E-state index in [0.29, 0.717) is 0 Å². The molecule has 0 spiro atoms. The first-order valence-corrected chi connectivity index (χ1v) is 20.9. The molecule has 0 N–H and O–H groups in total. The Morgan fingerprint density at radius 2 is 0.356 bits per heavy atom. The summed E-state index contributed by atoms with van der Waals surface area (Å²) in [5.41, 5.74) is 0.